The number of quaternary nitrogens is 1. The van der Waals surface area contributed by atoms with Crippen molar-refractivity contribution in [2.45, 2.75) is 25.9 Å². The van der Waals surface area contributed by atoms with Crippen molar-refractivity contribution in [3.8, 4) is 0 Å². The Balaban J connectivity index is 1.64. The predicted molar refractivity (Wildman–Crippen MR) is 143 cm³/mol. The molecule has 1 unspecified atom stereocenters. The van der Waals surface area contributed by atoms with Gasteiger partial charge in [0.25, 0.3) is 0 Å². The van der Waals surface area contributed by atoms with Crippen LogP contribution in [-0.2, 0) is 6.54 Å². The molecule has 186 valence electrons. The molecule has 0 aliphatic carbocycles. The van der Waals surface area contributed by atoms with Crippen molar-refractivity contribution >= 4 is 38.6 Å². The van der Waals surface area contributed by atoms with Crippen molar-refractivity contribution < 1.29 is 20.1 Å². The molecule has 2 aromatic rings. The number of rotatable bonds is 17. The molecule has 8 nitrogen and oxygen atoms in total. The molecule has 0 saturated carbocycles. The van der Waals surface area contributed by atoms with E-state index in [-0.39, 0.29) is 19.3 Å². The molecule has 10 heteroatoms. The average Bonchev–Trinajstić information content (AvgIpc) is 2.86. The summed E-state index contributed by atoms with van der Waals surface area (Å²) in [6.45, 7) is 5.17. The Bertz CT molecular complexity index is 844. The van der Waals surface area contributed by atoms with Crippen LogP contribution in [0.4, 0.5) is 17.1 Å². The SMILES string of the molecule is CCC(C=C[NH2+]CCSSCC[n+]1ccc(N)cc1)N=Nc1ccc(N(CCO)CCO)cc1. The van der Waals surface area contributed by atoms with E-state index < -0.39 is 0 Å². The van der Waals surface area contributed by atoms with Crippen molar-refractivity contribution in [2.24, 2.45) is 10.2 Å². The van der Waals surface area contributed by atoms with Crippen molar-refractivity contribution in [1.82, 2.24) is 0 Å². The van der Waals surface area contributed by atoms with E-state index in [9.17, 15) is 10.2 Å². The lowest BCUT2D eigenvalue weighted by Gasteiger charge is -2.22. The fraction of sp³-hybridized carbons (Fsp3) is 0.458. The number of aromatic nitrogens is 1. The molecule has 0 aliphatic rings. The van der Waals surface area contributed by atoms with E-state index in [1.54, 1.807) is 0 Å². The van der Waals surface area contributed by atoms with Gasteiger partial charge in [-0.05, 0) is 36.8 Å². The number of aliphatic hydroxyl groups excluding tert-OH is 2. The lowest BCUT2D eigenvalue weighted by atomic mass is 10.2. The van der Waals surface area contributed by atoms with Crippen LogP contribution in [0.1, 0.15) is 13.3 Å². The highest BCUT2D eigenvalue weighted by Crippen LogP contribution is 2.21. The van der Waals surface area contributed by atoms with E-state index in [0.717, 1.165) is 48.1 Å². The maximum absolute atomic E-state index is 9.18. The molecule has 2 rings (SSSR count). The van der Waals surface area contributed by atoms with Crippen LogP contribution < -0.4 is 20.5 Å². The molecule has 34 heavy (non-hydrogen) atoms. The van der Waals surface area contributed by atoms with Crippen LogP contribution in [0, 0.1) is 0 Å². The van der Waals surface area contributed by atoms with Crippen LogP contribution in [0.3, 0.4) is 0 Å². The van der Waals surface area contributed by atoms with Gasteiger partial charge in [-0.15, -0.1) is 0 Å². The van der Waals surface area contributed by atoms with Crippen LogP contribution >= 0.6 is 21.6 Å². The first-order valence-electron chi connectivity index (χ1n) is 11.6. The largest absolute Gasteiger partial charge is 0.398 e. The van der Waals surface area contributed by atoms with Gasteiger partial charge in [0.15, 0.2) is 18.9 Å². The predicted octanol–water partition coefficient (Wildman–Crippen LogP) is 2.37. The summed E-state index contributed by atoms with van der Waals surface area (Å²) in [5.74, 6) is 2.14. The van der Waals surface area contributed by atoms with Crippen LogP contribution in [-0.4, -0.2) is 60.6 Å². The van der Waals surface area contributed by atoms with Crippen LogP contribution in [0.15, 0.2) is 71.3 Å². The van der Waals surface area contributed by atoms with Gasteiger partial charge in [0.2, 0.25) is 0 Å². The highest BCUT2D eigenvalue weighted by Gasteiger charge is 2.06. The summed E-state index contributed by atoms with van der Waals surface area (Å²) in [4.78, 5) is 1.93. The minimum atomic E-state index is 0.0458. The fourth-order valence-electron chi connectivity index (χ4n) is 3.04. The molecule has 0 bridgehead atoms. The summed E-state index contributed by atoms with van der Waals surface area (Å²) in [5.41, 5.74) is 8.24. The lowest BCUT2D eigenvalue weighted by molar-refractivity contribution is -0.692. The molecule has 0 aliphatic heterocycles. The second-order valence-corrected chi connectivity index (χ2v) is 10.3. The molecular formula is C24H38N6O2S2+2. The summed E-state index contributed by atoms with van der Waals surface area (Å²) >= 11 is 0. The van der Waals surface area contributed by atoms with Gasteiger partial charge in [-0.1, -0.05) is 28.5 Å². The van der Waals surface area contributed by atoms with E-state index in [1.807, 2.05) is 75.3 Å². The molecule has 1 heterocycles. The fourth-order valence-corrected chi connectivity index (χ4v) is 5.01. The van der Waals surface area contributed by atoms with E-state index in [0.29, 0.717) is 13.1 Å². The van der Waals surface area contributed by atoms with Gasteiger partial charge in [0.1, 0.15) is 0 Å². The number of nitrogen functional groups attached to an aromatic ring is 1. The summed E-state index contributed by atoms with van der Waals surface area (Å²) in [7, 11) is 3.79. The van der Waals surface area contributed by atoms with Gasteiger partial charge in [0.05, 0.1) is 49.2 Å². The van der Waals surface area contributed by atoms with Crippen LogP contribution in [0.25, 0.3) is 0 Å². The molecule has 0 fully saturated rings. The molecule has 6 N–H and O–H groups in total. The Hall–Kier alpha value is -2.11. The molecular weight excluding hydrogens is 468 g/mol. The Morgan fingerprint density at radius 3 is 2.38 bits per heavy atom. The number of aryl methyl sites for hydroxylation is 1. The third-order valence-corrected chi connectivity index (χ3v) is 7.38. The minimum Gasteiger partial charge on any atom is -0.398 e. The van der Waals surface area contributed by atoms with Crippen LogP contribution in [0.2, 0.25) is 0 Å². The first kappa shape index (κ1) is 28.1. The summed E-state index contributed by atoms with van der Waals surface area (Å²) in [6, 6.07) is 11.6. The zero-order valence-electron chi connectivity index (χ0n) is 19.9. The number of nitrogens with zero attached hydrogens (tertiary/aromatic N) is 4. The standard InChI is InChI=1S/C24H36N6O2S2/c1-2-22(27-28-23-3-5-24(6-4-23)30(14-17-31)15-18-32)7-10-26-11-19-33-34-20-16-29-12-8-21(25)9-13-29/h3-10,12-13,22,25-26,31-32H,2,11,14-20H2,1H3/p+2. The highest BCUT2D eigenvalue weighted by atomic mass is 33.1. The number of pyridine rings is 1. The normalized spacial score (nSPS) is 12.6. The molecule has 0 spiro atoms. The second-order valence-electron chi connectivity index (χ2n) is 7.56. The lowest BCUT2D eigenvalue weighted by Crippen LogP contribution is -2.78. The minimum absolute atomic E-state index is 0.0458. The van der Waals surface area contributed by atoms with Gasteiger partial charge < -0.3 is 26.2 Å². The first-order chi connectivity index (χ1) is 16.7. The number of azo groups is 1. The Morgan fingerprint density at radius 1 is 1.06 bits per heavy atom. The Morgan fingerprint density at radius 2 is 1.74 bits per heavy atom. The number of nitrogens with two attached hydrogens (primary N) is 2. The summed E-state index contributed by atoms with van der Waals surface area (Å²) in [5, 5.41) is 29.4. The summed E-state index contributed by atoms with van der Waals surface area (Å²) < 4.78 is 2.15. The number of anilines is 2. The van der Waals surface area contributed by atoms with Gasteiger partial charge in [-0.3, -0.25) is 0 Å². The van der Waals surface area contributed by atoms with Crippen molar-refractivity contribution in [3.05, 3.63) is 61.1 Å². The maximum Gasteiger partial charge on any atom is 0.170 e. The van der Waals surface area contributed by atoms with Gasteiger partial charge >= 0.3 is 0 Å². The third-order valence-electron chi connectivity index (χ3n) is 4.96. The topological polar surface area (TPSA) is 115 Å². The quantitative estimate of drug-likeness (QED) is 0.113. The molecule has 0 saturated heterocycles. The number of benzene rings is 1. The molecule has 1 aromatic heterocycles. The number of aliphatic hydroxyl groups is 2. The summed E-state index contributed by atoms with van der Waals surface area (Å²) in [6.07, 6.45) is 9.11. The first-order valence-corrected chi connectivity index (χ1v) is 14.1. The van der Waals surface area contributed by atoms with Gasteiger partial charge in [-0.2, -0.15) is 10.2 Å². The van der Waals surface area contributed by atoms with Gasteiger partial charge in [0, 0.05) is 36.6 Å². The van der Waals surface area contributed by atoms with E-state index in [4.69, 9.17) is 5.73 Å². The third kappa shape index (κ3) is 11.3. The Labute approximate surface area is 210 Å². The van der Waals surface area contributed by atoms with Crippen molar-refractivity contribution in [1.29, 1.82) is 0 Å². The molecule has 0 radical (unpaired) electrons. The second kappa shape index (κ2) is 17.3. The smallest absolute Gasteiger partial charge is 0.170 e. The van der Waals surface area contributed by atoms with Crippen LogP contribution in [0.5, 0.6) is 0 Å². The van der Waals surface area contributed by atoms with Crippen molar-refractivity contribution in [3.63, 3.8) is 0 Å². The average molecular weight is 507 g/mol. The molecule has 0 amide bonds. The zero-order chi connectivity index (χ0) is 24.4. The molecule has 1 atom stereocenters. The number of hydrogen-bond acceptors (Lipinski definition) is 8. The molecule has 1 aromatic carbocycles. The maximum atomic E-state index is 9.18. The Kier molecular flexibility index (Phi) is 14.3. The number of hydrogen-bond donors (Lipinski definition) is 4. The van der Waals surface area contributed by atoms with E-state index in [2.05, 4.69) is 39.3 Å². The zero-order valence-corrected chi connectivity index (χ0v) is 21.5. The van der Waals surface area contributed by atoms with E-state index in [1.165, 1.54) is 0 Å². The highest BCUT2D eigenvalue weighted by molar-refractivity contribution is 8.76. The monoisotopic (exact) mass is 506 g/mol. The van der Waals surface area contributed by atoms with E-state index >= 15 is 0 Å². The van der Waals surface area contributed by atoms with Gasteiger partial charge in [-0.25, -0.2) is 4.57 Å². The van der Waals surface area contributed by atoms with Crippen molar-refractivity contribution in [2.75, 3.05) is 55.0 Å².